The summed E-state index contributed by atoms with van der Waals surface area (Å²) in [6, 6.07) is 11.9. The Balaban J connectivity index is 1.80. The molecular weight excluding hydrogens is 278 g/mol. The van der Waals surface area contributed by atoms with Crippen molar-refractivity contribution in [2.75, 3.05) is 31.6 Å². The molecule has 3 rings (SSSR count). The molecule has 1 fully saturated rings. The summed E-state index contributed by atoms with van der Waals surface area (Å²) in [5, 5.41) is 13.2. The van der Waals surface area contributed by atoms with Crippen LogP contribution in [0.15, 0.2) is 42.6 Å². The van der Waals surface area contributed by atoms with Crippen molar-refractivity contribution in [1.29, 1.82) is 0 Å². The van der Waals surface area contributed by atoms with Gasteiger partial charge >= 0.3 is 0 Å². The number of aromatic hydroxyl groups is 1. The molecule has 116 valence electrons. The van der Waals surface area contributed by atoms with E-state index in [1.54, 1.807) is 13.2 Å². The van der Waals surface area contributed by atoms with Gasteiger partial charge in [-0.3, -0.25) is 0 Å². The molecule has 1 atom stereocenters. The van der Waals surface area contributed by atoms with Gasteiger partial charge in [-0.05, 0) is 36.2 Å². The highest BCUT2D eigenvalue weighted by Crippen LogP contribution is 2.27. The predicted octanol–water partition coefficient (Wildman–Crippen LogP) is 1.82. The van der Waals surface area contributed by atoms with E-state index in [1.165, 1.54) is 0 Å². The first-order valence-electron chi connectivity index (χ1n) is 7.52. The van der Waals surface area contributed by atoms with Crippen LogP contribution < -0.4 is 15.0 Å². The SMILES string of the molecule is COc1cc(CC2CNCCN2c2ccccn2)ccc1O. The Hall–Kier alpha value is -2.27. The molecule has 0 aliphatic carbocycles. The Morgan fingerprint density at radius 2 is 2.27 bits per heavy atom. The van der Waals surface area contributed by atoms with E-state index in [0.29, 0.717) is 11.8 Å². The van der Waals surface area contributed by atoms with Crippen LogP contribution >= 0.6 is 0 Å². The van der Waals surface area contributed by atoms with Crippen molar-refractivity contribution in [2.45, 2.75) is 12.5 Å². The van der Waals surface area contributed by atoms with Crippen molar-refractivity contribution in [3.63, 3.8) is 0 Å². The van der Waals surface area contributed by atoms with E-state index in [1.807, 2.05) is 30.5 Å². The van der Waals surface area contributed by atoms with Crippen molar-refractivity contribution < 1.29 is 9.84 Å². The van der Waals surface area contributed by atoms with Crippen LogP contribution in [0.4, 0.5) is 5.82 Å². The number of hydrogen-bond donors (Lipinski definition) is 2. The molecule has 0 radical (unpaired) electrons. The zero-order chi connectivity index (χ0) is 15.4. The normalized spacial score (nSPS) is 18.2. The van der Waals surface area contributed by atoms with E-state index in [-0.39, 0.29) is 5.75 Å². The molecule has 2 aromatic rings. The fourth-order valence-corrected chi connectivity index (χ4v) is 2.89. The minimum absolute atomic E-state index is 0.176. The number of phenolic OH excluding ortho intramolecular Hbond substituents is 1. The standard InChI is InChI=1S/C17H21N3O2/c1-22-16-11-13(5-6-15(16)21)10-14-12-18-8-9-20(14)17-4-2-3-7-19-17/h2-7,11,14,18,21H,8-10,12H2,1H3. The lowest BCUT2D eigenvalue weighted by atomic mass is 10.0. The van der Waals surface area contributed by atoms with Gasteiger partial charge in [0.2, 0.25) is 0 Å². The highest BCUT2D eigenvalue weighted by atomic mass is 16.5. The van der Waals surface area contributed by atoms with Crippen molar-refractivity contribution in [3.8, 4) is 11.5 Å². The van der Waals surface area contributed by atoms with E-state index < -0.39 is 0 Å². The first-order chi connectivity index (χ1) is 10.8. The lowest BCUT2D eigenvalue weighted by molar-refractivity contribution is 0.372. The quantitative estimate of drug-likeness (QED) is 0.902. The van der Waals surface area contributed by atoms with E-state index >= 15 is 0 Å². The molecule has 0 saturated carbocycles. The van der Waals surface area contributed by atoms with Gasteiger partial charge in [0.05, 0.1) is 7.11 Å². The molecule has 5 heteroatoms. The van der Waals surface area contributed by atoms with Gasteiger partial charge in [-0.15, -0.1) is 0 Å². The fraction of sp³-hybridized carbons (Fsp3) is 0.353. The summed E-state index contributed by atoms with van der Waals surface area (Å²) in [5.74, 6) is 1.71. The molecule has 0 spiro atoms. The number of phenols is 1. The topological polar surface area (TPSA) is 57.6 Å². The maximum atomic E-state index is 9.71. The Labute approximate surface area is 130 Å². The maximum Gasteiger partial charge on any atom is 0.160 e. The molecule has 2 heterocycles. The number of aromatic nitrogens is 1. The largest absolute Gasteiger partial charge is 0.504 e. The number of methoxy groups -OCH3 is 1. The molecule has 1 aromatic heterocycles. The Bertz CT molecular complexity index is 619. The Morgan fingerprint density at radius 1 is 1.36 bits per heavy atom. The maximum absolute atomic E-state index is 9.71. The van der Waals surface area contributed by atoms with Gasteiger partial charge in [-0.25, -0.2) is 4.98 Å². The number of pyridine rings is 1. The molecule has 1 aliphatic rings. The van der Waals surface area contributed by atoms with E-state index in [4.69, 9.17) is 4.74 Å². The molecule has 1 aromatic carbocycles. The fourth-order valence-electron chi connectivity index (χ4n) is 2.89. The number of nitrogens with one attached hydrogen (secondary N) is 1. The minimum Gasteiger partial charge on any atom is -0.504 e. The van der Waals surface area contributed by atoms with Crippen LogP contribution in [0.5, 0.6) is 11.5 Å². The summed E-state index contributed by atoms with van der Waals surface area (Å²) in [6.45, 7) is 2.82. The van der Waals surface area contributed by atoms with Gasteiger partial charge in [0.25, 0.3) is 0 Å². The molecule has 2 N–H and O–H groups in total. The van der Waals surface area contributed by atoms with Gasteiger partial charge in [0.15, 0.2) is 11.5 Å². The van der Waals surface area contributed by atoms with Gasteiger partial charge in [0, 0.05) is 31.9 Å². The van der Waals surface area contributed by atoms with E-state index in [0.717, 1.165) is 37.4 Å². The monoisotopic (exact) mass is 299 g/mol. The van der Waals surface area contributed by atoms with Gasteiger partial charge < -0.3 is 20.1 Å². The van der Waals surface area contributed by atoms with Crippen LogP contribution in [0.3, 0.4) is 0 Å². The van der Waals surface area contributed by atoms with E-state index in [2.05, 4.69) is 21.3 Å². The van der Waals surface area contributed by atoms with Crippen molar-refractivity contribution in [1.82, 2.24) is 10.3 Å². The number of rotatable bonds is 4. The first-order valence-corrected chi connectivity index (χ1v) is 7.52. The molecule has 1 saturated heterocycles. The summed E-state index contributed by atoms with van der Waals surface area (Å²) in [7, 11) is 1.57. The van der Waals surface area contributed by atoms with Crippen LogP contribution in [-0.4, -0.2) is 42.9 Å². The second-order valence-electron chi connectivity index (χ2n) is 5.45. The molecule has 5 nitrogen and oxygen atoms in total. The van der Waals surface area contributed by atoms with Gasteiger partial charge in [-0.1, -0.05) is 12.1 Å². The van der Waals surface area contributed by atoms with Crippen molar-refractivity contribution in [3.05, 3.63) is 48.2 Å². The molecule has 1 unspecified atom stereocenters. The molecule has 0 amide bonds. The smallest absolute Gasteiger partial charge is 0.160 e. The summed E-state index contributed by atoms with van der Waals surface area (Å²) in [5.41, 5.74) is 1.14. The Kier molecular flexibility index (Phi) is 4.44. The Morgan fingerprint density at radius 3 is 3.05 bits per heavy atom. The van der Waals surface area contributed by atoms with Crippen LogP contribution in [0, 0.1) is 0 Å². The lowest BCUT2D eigenvalue weighted by Crippen LogP contribution is -2.52. The third-order valence-corrected chi connectivity index (χ3v) is 4.01. The summed E-state index contributed by atoms with van der Waals surface area (Å²) in [6.07, 6.45) is 2.71. The third-order valence-electron chi connectivity index (χ3n) is 4.01. The molecular formula is C17H21N3O2. The van der Waals surface area contributed by atoms with E-state index in [9.17, 15) is 5.11 Å². The molecule has 22 heavy (non-hydrogen) atoms. The number of anilines is 1. The second kappa shape index (κ2) is 6.66. The van der Waals surface area contributed by atoms with Gasteiger partial charge in [0.1, 0.15) is 5.82 Å². The van der Waals surface area contributed by atoms with Crippen LogP contribution in [-0.2, 0) is 6.42 Å². The number of benzene rings is 1. The lowest BCUT2D eigenvalue weighted by Gasteiger charge is -2.37. The number of hydrogen-bond acceptors (Lipinski definition) is 5. The highest BCUT2D eigenvalue weighted by molar-refractivity contribution is 5.44. The second-order valence-corrected chi connectivity index (χ2v) is 5.45. The average Bonchev–Trinajstić information content (AvgIpc) is 2.58. The third kappa shape index (κ3) is 3.14. The average molecular weight is 299 g/mol. The summed E-state index contributed by atoms with van der Waals surface area (Å²) < 4.78 is 5.19. The minimum atomic E-state index is 0.176. The van der Waals surface area contributed by atoms with Gasteiger partial charge in [-0.2, -0.15) is 0 Å². The number of nitrogens with zero attached hydrogens (tertiary/aromatic N) is 2. The van der Waals surface area contributed by atoms with Crippen LogP contribution in [0.25, 0.3) is 0 Å². The zero-order valence-corrected chi connectivity index (χ0v) is 12.7. The van der Waals surface area contributed by atoms with Crippen molar-refractivity contribution >= 4 is 5.82 Å². The number of ether oxygens (including phenoxy) is 1. The van der Waals surface area contributed by atoms with Crippen molar-refractivity contribution in [2.24, 2.45) is 0 Å². The molecule has 1 aliphatic heterocycles. The van der Waals surface area contributed by atoms with Crippen LogP contribution in [0.2, 0.25) is 0 Å². The summed E-state index contributed by atoms with van der Waals surface area (Å²) in [4.78, 5) is 6.82. The van der Waals surface area contributed by atoms with Crippen LogP contribution in [0.1, 0.15) is 5.56 Å². The first kappa shape index (κ1) is 14.7. The summed E-state index contributed by atoms with van der Waals surface area (Å²) >= 11 is 0. The zero-order valence-electron chi connectivity index (χ0n) is 12.7. The predicted molar refractivity (Wildman–Crippen MR) is 86.6 cm³/mol. The highest BCUT2D eigenvalue weighted by Gasteiger charge is 2.23. The molecule has 0 bridgehead atoms. The number of piperazine rings is 1.